The van der Waals surface area contributed by atoms with Gasteiger partial charge in [0, 0.05) is 12.1 Å². The lowest BCUT2D eigenvalue weighted by Gasteiger charge is -2.38. The first-order valence-electron chi connectivity index (χ1n) is 7.58. The van der Waals surface area contributed by atoms with Crippen molar-refractivity contribution in [1.82, 2.24) is 9.80 Å². The highest BCUT2D eigenvalue weighted by atomic mass is 16.4. The van der Waals surface area contributed by atoms with Gasteiger partial charge in [-0.15, -0.1) is 0 Å². The molecule has 1 atom stereocenters. The molecule has 1 unspecified atom stereocenters. The Kier molecular flexibility index (Phi) is 6.46. The van der Waals surface area contributed by atoms with E-state index in [2.05, 4.69) is 0 Å². The van der Waals surface area contributed by atoms with Crippen molar-refractivity contribution in [3.63, 3.8) is 0 Å². The van der Waals surface area contributed by atoms with E-state index in [1.54, 1.807) is 18.9 Å². The van der Waals surface area contributed by atoms with Crippen molar-refractivity contribution < 1.29 is 14.7 Å². The lowest BCUT2D eigenvalue weighted by Crippen LogP contribution is -2.51. The third kappa shape index (κ3) is 4.47. The molecule has 0 bridgehead atoms. The lowest BCUT2D eigenvalue weighted by atomic mass is 9.93. The van der Waals surface area contributed by atoms with Gasteiger partial charge < -0.3 is 10.0 Å². The summed E-state index contributed by atoms with van der Waals surface area (Å²) in [5.41, 5.74) is 0. The monoisotopic (exact) mass is 284 g/mol. The topological polar surface area (TPSA) is 60.9 Å². The smallest absolute Gasteiger partial charge is 0.320 e. The number of hydrogen-bond acceptors (Lipinski definition) is 3. The quantitative estimate of drug-likeness (QED) is 0.810. The normalized spacial score (nSPS) is 18.3. The third-order valence-electron chi connectivity index (χ3n) is 4.22. The molecular formula is C15H28N2O3. The number of nitrogens with zero attached hydrogens (tertiary/aromatic N) is 2. The highest BCUT2D eigenvalue weighted by Gasteiger charge is 2.29. The molecule has 1 rings (SSSR count). The molecule has 116 valence electrons. The van der Waals surface area contributed by atoms with Crippen molar-refractivity contribution >= 4 is 11.9 Å². The molecule has 1 aliphatic rings. The van der Waals surface area contributed by atoms with Gasteiger partial charge in [-0.3, -0.25) is 14.5 Å². The van der Waals surface area contributed by atoms with Crippen LogP contribution >= 0.6 is 0 Å². The molecule has 1 saturated carbocycles. The van der Waals surface area contributed by atoms with Gasteiger partial charge in [0.2, 0.25) is 5.91 Å². The van der Waals surface area contributed by atoms with E-state index in [-0.39, 0.29) is 18.5 Å². The fraction of sp³-hybridized carbons (Fsp3) is 0.867. The predicted molar refractivity (Wildman–Crippen MR) is 78.6 cm³/mol. The van der Waals surface area contributed by atoms with Gasteiger partial charge >= 0.3 is 5.97 Å². The first-order chi connectivity index (χ1) is 9.34. The predicted octanol–water partition coefficient (Wildman–Crippen LogP) is 1.96. The zero-order chi connectivity index (χ0) is 15.3. The van der Waals surface area contributed by atoms with E-state index in [0.29, 0.717) is 6.04 Å². The maximum absolute atomic E-state index is 12.5. The minimum absolute atomic E-state index is 0.0440. The second-order valence-corrected chi connectivity index (χ2v) is 6.12. The average molecular weight is 284 g/mol. The van der Waals surface area contributed by atoms with Crippen molar-refractivity contribution in [3.05, 3.63) is 0 Å². The number of carboxylic acids is 1. The lowest BCUT2D eigenvalue weighted by molar-refractivity contribution is -0.144. The van der Waals surface area contributed by atoms with Gasteiger partial charge in [-0.25, -0.2) is 0 Å². The zero-order valence-corrected chi connectivity index (χ0v) is 13.1. The Morgan fingerprint density at radius 1 is 1.15 bits per heavy atom. The molecule has 1 fully saturated rings. The Bertz CT molecular complexity index is 338. The maximum Gasteiger partial charge on any atom is 0.320 e. The number of carbonyl (C=O) groups is 2. The third-order valence-corrected chi connectivity index (χ3v) is 4.22. The Labute approximate surface area is 121 Å². The number of amides is 1. The van der Waals surface area contributed by atoms with Gasteiger partial charge in [0.15, 0.2) is 0 Å². The molecule has 1 aliphatic carbocycles. The molecule has 20 heavy (non-hydrogen) atoms. The second-order valence-electron chi connectivity index (χ2n) is 6.12. The minimum Gasteiger partial charge on any atom is -0.480 e. The van der Waals surface area contributed by atoms with Crippen LogP contribution in [0.3, 0.4) is 0 Å². The SMILES string of the molecule is CC(C(=O)O)N(C)CC(=O)N(C(C)C)C1CCCCC1. The van der Waals surface area contributed by atoms with Crippen molar-refractivity contribution in [2.24, 2.45) is 0 Å². The first-order valence-corrected chi connectivity index (χ1v) is 7.58. The fourth-order valence-corrected chi connectivity index (χ4v) is 2.89. The van der Waals surface area contributed by atoms with Gasteiger partial charge in [-0.1, -0.05) is 19.3 Å². The van der Waals surface area contributed by atoms with E-state index in [1.165, 1.54) is 19.3 Å². The Hall–Kier alpha value is -1.10. The summed E-state index contributed by atoms with van der Waals surface area (Å²) in [5, 5.41) is 9.00. The van der Waals surface area contributed by atoms with Crippen LogP contribution in [0.25, 0.3) is 0 Å². The van der Waals surface area contributed by atoms with Crippen LogP contribution < -0.4 is 0 Å². The van der Waals surface area contributed by atoms with E-state index < -0.39 is 12.0 Å². The molecular weight excluding hydrogens is 256 g/mol. The Balaban J connectivity index is 2.66. The molecule has 1 N–H and O–H groups in total. The van der Waals surface area contributed by atoms with E-state index in [1.807, 2.05) is 18.7 Å². The number of rotatable bonds is 6. The average Bonchev–Trinajstić information content (AvgIpc) is 2.38. The van der Waals surface area contributed by atoms with Crippen molar-refractivity contribution in [2.45, 2.75) is 71.0 Å². The van der Waals surface area contributed by atoms with Crippen LogP contribution in [-0.2, 0) is 9.59 Å². The summed E-state index contributed by atoms with van der Waals surface area (Å²) in [4.78, 5) is 27.0. The molecule has 0 aliphatic heterocycles. The fourth-order valence-electron chi connectivity index (χ4n) is 2.89. The maximum atomic E-state index is 12.5. The zero-order valence-electron chi connectivity index (χ0n) is 13.1. The van der Waals surface area contributed by atoms with E-state index in [0.717, 1.165) is 12.8 Å². The summed E-state index contributed by atoms with van der Waals surface area (Å²) in [6, 6.07) is -0.150. The second kappa shape index (κ2) is 7.62. The van der Waals surface area contributed by atoms with Crippen LogP contribution in [0.2, 0.25) is 0 Å². The van der Waals surface area contributed by atoms with E-state index in [4.69, 9.17) is 5.11 Å². The van der Waals surface area contributed by atoms with Crippen LogP contribution in [0.5, 0.6) is 0 Å². The molecule has 0 heterocycles. The van der Waals surface area contributed by atoms with Crippen LogP contribution in [-0.4, -0.2) is 58.5 Å². The molecule has 5 heteroatoms. The molecule has 0 saturated heterocycles. The summed E-state index contributed by atoms with van der Waals surface area (Å²) in [6.07, 6.45) is 5.77. The van der Waals surface area contributed by atoms with Crippen LogP contribution in [0.4, 0.5) is 0 Å². The Morgan fingerprint density at radius 2 is 1.70 bits per heavy atom. The highest BCUT2D eigenvalue weighted by Crippen LogP contribution is 2.24. The van der Waals surface area contributed by atoms with E-state index in [9.17, 15) is 9.59 Å². The highest BCUT2D eigenvalue weighted by molar-refractivity contribution is 5.80. The summed E-state index contributed by atoms with van der Waals surface area (Å²) in [6.45, 7) is 5.85. The number of aliphatic carboxylic acids is 1. The van der Waals surface area contributed by atoms with Crippen LogP contribution in [0, 0.1) is 0 Å². The first kappa shape index (κ1) is 17.0. The molecule has 0 aromatic heterocycles. The summed E-state index contributed by atoms with van der Waals surface area (Å²) >= 11 is 0. The molecule has 0 spiro atoms. The molecule has 0 aromatic rings. The van der Waals surface area contributed by atoms with Crippen molar-refractivity contribution in [1.29, 1.82) is 0 Å². The number of hydrogen-bond donors (Lipinski definition) is 1. The number of carboxylic acid groups (broad SMARTS) is 1. The van der Waals surface area contributed by atoms with Gasteiger partial charge in [0.1, 0.15) is 6.04 Å². The summed E-state index contributed by atoms with van der Waals surface area (Å²) < 4.78 is 0. The van der Waals surface area contributed by atoms with Crippen molar-refractivity contribution in [3.8, 4) is 0 Å². The molecule has 1 amide bonds. The van der Waals surface area contributed by atoms with Crippen LogP contribution in [0.1, 0.15) is 52.9 Å². The largest absolute Gasteiger partial charge is 0.480 e. The van der Waals surface area contributed by atoms with Gasteiger partial charge in [-0.2, -0.15) is 0 Å². The van der Waals surface area contributed by atoms with Gasteiger partial charge in [-0.05, 0) is 40.7 Å². The van der Waals surface area contributed by atoms with Crippen molar-refractivity contribution in [2.75, 3.05) is 13.6 Å². The molecule has 0 aromatic carbocycles. The summed E-state index contributed by atoms with van der Waals surface area (Å²) in [7, 11) is 1.69. The molecule has 5 nitrogen and oxygen atoms in total. The summed E-state index contributed by atoms with van der Waals surface area (Å²) in [5.74, 6) is -0.850. The number of likely N-dealkylation sites (N-methyl/N-ethyl adjacent to an activating group) is 1. The van der Waals surface area contributed by atoms with Gasteiger partial charge in [0.25, 0.3) is 0 Å². The van der Waals surface area contributed by atoms with Gasteiger partial charge in [0.05, 0.1) is 6.54 Å². The van der Waals surface area contributed by atoms with E-state index >= 15 is 0 Å². The number of carbonyl (C=O) groups excluding carboxylic acids is 1. The van der Waals surface area contributed by atoms with Crippen LogP contribution in [0.15, 0.2) is 0 Å². The molecule has 0 radical (unpaired) electrons. The standard InChI is InChI=1S/C15H28N2O3/c1-11(2)17(13-8-6-5-7-9-13)14(18)10-16(4)12(3)15(19)20/h11-13H,5-10H2,1-4H3,(H,19,20). The minimum atomic E-state index is -0.894. The Morgan fingerprint density at radius 3 is 2.15 bits per heavy atom.